The van der Waals surface area contributed by atoms with Crippen molar-refractivity contribution >= 4 is 21.5 Å². The molecule has 0 unspecified atom stereocenters. The molecule has 0 heteroatoms. The van der Waals surface area contributed by atoms with Crippen LogP contribution in [0.25, 0.3) is 54.9 Å². The molecule has 6 aromatic carbocycles. The molecule has 32 heavy (non-hydrogen) atoms. The molecule has 1 radical (unpaired) electrons. The van der Waals surface area contributed by atoms with Gasteiger partial charge in [-0.3, -0.25) is 0 Å². The van der Waals surface area contributed by atoms with Crippen molar-refractivity contribution in [2.75, 3.05) is 0 Å². The molecule has 0 aliphatic heterocycles. The van der Waals surface area contributed by atoms with Crippen LogP contribution in [-0.2, 0) is 0 Å². The summed E-state index contributed by atoms with van der Waals surface area (Å²) in [7, 11) is 0. The van der Waals surface area contributed by atoms with E-state index in [0.29, 0.717) is 0 Å². The molecule has 0 aliphatic carbocycles. The highest BCUT2D eigenvalue weighted by Gasteiger charge is 2.16. The molecule has 0 nitrogen and oxygen atoms in total. The van der Waals surface area contributed by atoms with E-state index in [-0.39, 0.29) is 0 Å². The zero-order valence-corrected chi connectivity index (χ0v) is 17.6. The van der Waals surface area contributed by atoms with Crippen molar-refractivity contribution in [1.82, 2.24) is 0 Å². The van der Waals surface area contributed by atoms with Gasteiger partial charge in [0.25, 0.3) is 0 Å². The maximum Gasteiger partial charge on any atom is -0.00199 e. The van der Waals surface area contributed by atoms with E-state index in [1.165, 1.54) is 49.4 Å². The minimum atomic E-state index is 1.12. The molecular weight excluding hydrogens is 384 g/mol. The summed E-state index contributed by atoms with van der Waals surface area (Å²) in [5.41, 5.74) is 7.33. The van der Waals surface area contributed by atoms with Crippen molar-refractivity contribution in [2.45, 2.75) is 0 Å². The van der Waals surface area contributed by atoms with Crippen molar-refractivity contribution in [3.05, 3.63) is 133 Å². The molecule has 149 valence electrons. The van der Waals surface area contributed by atoms with Gasteiger partial charge < -0.3 is 0 Å². The second-order valence-electron chi connectivity index (χ2n) is 8.06. The average molecular weight is 406 g/mol. The topological polar surface area (TPSA) is 0 Å². The molecule has 0 heterocycles. The molecule has 0 aromatic heterocycles. The van der Waals surface area contributed by atoms with E-state index >= 15 is 0 Å². The van der Waals surface area contributed by atoms with E-state index in [1.54, 1.807) is 0 Å². The highest BCUT2D eigenvalue weighted by atomic mass is 14.2. The predicted molar refractivity (Wildman–Crippen MR) is 137 cm³/mol. The minimum absolute atomic E-state index is 1.12. The van der Waals surface area contributed by atoms with E-state index in [4.69, 9.17) is 0 Å². The lowest BCUT2D eigenvalue weighted by molar-refractivity contribution is 1.60. The number of hydrogen-bond acceptors (Lipinski definition) is 0. The van der Waals surface area contributed by atoms with Crippen molar-refractivity contribution in [3.63, 3.8) is 0 Å². The first-order chi connectivity index (χ1) is 15.9. The highest BCUT2D eigenvalue weighted by Crippen LogP contribution is 2.43. The molecule has 0 saturated heterocycles. The van der Waals surface area contributed by atoms with Gasteiger partial charge in [0.15, 0.2) is 0 Å². The lowest BCUT2D eigenvalue weighted by atomic mass is 9.85. The Morgan fingerprint density at radius 3 is 1.41 bits per heavy atom. The van der Waals surface area contributed by atoms with Crippen LogP contribution in [0.5, 0.6) is 0 Å². The van der Waals surface area contributed by atoms with E-state index in [0.717, 1.165) is 5.56 Å². The molecule has 6 rings (SSSR count). The first kappa shape index (κ1) is 18.6. The Hall–Kier alpha value is -4.16. The average Bonchev–Trinajstić information content (AvgIpc) is 2.88. The zero-order chi connectivity index (χ0) is 21.3. The third kappa shape index (κ3) is 3.09. The van der Waals surface area contributed by atoms with E-state index in [9.17, 15) is 0 Å². The highest BCUT2D eigenvalue weighted by molar-refractivity contribution is 6.21. The summed E-state index contributed by atoms with van der Waals surface area (Å²) < 4.78 is 0. The largest absolute Gasteiger partial charge is 0.0622 e. The van der Waals surface area contributed by atoms with Gasteiger partial charge in [-0.1, -0.05) is 121 Å². The monoisotopic (exact) mass is 405 g/mol. The number of rotatable bonds is 3. The van der Waals surface area contributed by atoms with Crippen LogP contribution in [0.2, 0.25) is 0 Å². The van der Waals surface area contributed by atoms with Crippen LogP contribution in [0.4, 0.5) is 0 Å². The Labute approximate surface area is 188 Å². The van der Waals surface area contributed by atoms with Crippen LogP contribution in [0.1, 0.15) is 0 Å². The van der Waals surface area contributed by atoms with Crippen LogP contribution in [-0.4, -0.2) is 0 Å². The summed E-state index contributed by atoms with van der Waals surface area (Å²) in [5.74, 6) is 0. The normalized spacial score (nSPS) is 11.1. The fraction of sp³-hybridized carbons (Fsp3) is 0. The van der Waals surface area contributed by atoms with Gasteiger partial charge in [0.05, 0.1) is 0 Å². The van der Waals surface area contributed by atoms with Gasteiger partial charge in [-0.25, -0.2) is 0 Å². The molecule has 0 fully saturated rings. The van der Waals surface area contributed by atoms with E-state index < -0.39 is 0 Å². The molecule has 0 aliphatic rings. The molecule has 0 bridgehead atoms. The number of hydrogen-bond donors (Lipinski definition) is 0. The van der Waals surface area contributed by atoms with Gasteiger partial charge in [0.1, 0.15) is 0 Å². The van der Waals surface area contributed by atoms with Crippen molar-refractivity contribution in [3.8, 4) is 33.4 Å². The molecule has 6 aromatic rings. The molecule has 0 N–H and O–H groups in total. The Morgan fingerprint density at radius 2 is 0.844 bits per heavy atom. The summed E-state index contributed by atoms with van der Waals surface area (Å²) in [6, 6.07) is 48.8. The molecule has 0 atom stereocenters. The summed E-state index contributed by atoms with van der Waals surface area (Å²) in [6.07, 6.45) is 0. The van der Waals surface area contributed by atoms with Crippen LogP contribution in [0.3, 0.4) is 0 Å². The van der Waals surface area contributed by atoms with Gasteiger partial charge >= 0.3 is 0 Å². The van der Waals surface area contributed by atoms with Crippen molar-refractivity contribution in [2.24, 2.45) is 0 Å². The zero-order valence-electron chi connectivity index (χ0n) is 17.6. The predicted octanol–water partition coefficient (Wildman–Crippen LogP) is 8.79. The standard InChI is InChI=1S/C32H21/c1-3-12-23(13-4-1)25-16-11-17-26(22-25)32-29-20-9-7-18-27(29)31(24-14-5-2-6-15-24)28-19-8-10-21-30(28)32/h1-16,18-22H. The Kier molecular flexibility index (Phi) is 4.55. The lowest BCUT2D eigenvalue weighted by Crippen LogP contribution is -1.91. The lowest BCUT2D eigenvalue weighted by Gasteiger charge is -2.18. The molecule has 0 amide bonds. The quantitative estimate of drug-likeness (QED) is 0.258. The fourth-order valence-corrected chi connectivity index (χ4v) is 4.76. The SMILES string of the molecule is [c]1ccc(-c2ccccc2)cc1-c1c2ccccc2c(-c2ccccc2)c2ccccc12. The first-order valence-electron chi connectivity index (χ1n) is 11.0. The van der Waals surface area contributed by atoms with Gasteiger partial charge in [-0.2, -0.15) is 0 Å². The first-order valence-corrected chi connectivity index (χ1v) is 11.0. The van der Waals surface area contributed by atoms with Gasteiger partial charge in [0, 0.05) is 0 Å². The summed E-state index contributed by atoms with van der Waals surface area (Å²) in [6.45, 7) is 0. The maximum atomic E-state index is 3.54. The van der Waals surface area contributed by atoms with Crippen LogP contribution < -0.4 is 0 Å². The summed E-state index contributed by atoms with van der Waals surface area (Å²) >= 11 is 0. The summed E-state index contributed by atoms with van der Waals surface area (Å²) in [5, 5.41) is 5.05. The van der Waals surface area contributed by atoms with Crippen molar-refractivity contribution < 1.29 is 0 Å². The van der Waals surface area contributed by atoms with Crippen molar-refractivity contribution in [1.29, 1.82) is 0 Å². The van der Waals surface area contributed by atoms with Crippen LogP contribution in [0, 0.1) is 6.07 Å². The van der Waals surface area contributed by atoms with E-state index in [1.807, 2.05) is 6.07 Å². The molecular formula is C32H21. The van der Waals surface area contributed by atoms with Gasteiger partial charge in [0.2, 0.25) is 0 Å². The molecule has 0 spiro atoms. The number of benzene rings is 6. The van der Waals surface area contributed by atoms with Crippen LogP contribution >= 0.6 is 0 Å². The van der Waals surface area contributed by atoms with Gasteiger partial charge in [-0.05, 0) is 67.1 Å². The third-order valence-corrected chi connectivity index (χ3v) is 6.17. The number of fused-ring (bicyclic) bond motifs is 2. The fourth-order valence-electron chi connectivity index (χ4n) is 4.76. The second-order valence-corrected chi connectivity index (χ2v) is 8.06. The minimum Gasteiger partial charge on any atom is -0.0622 e. The molecule has 0 saturated carbocycles. The van der Waals surface area contributed by atoms with Crippen LogP contribution in [0.15, 0.2) is 127 Å². The Morgan fingerprint density at radius 1 is 0.375 bits per heavy atom. The van der Waals surface area contributed by atoms with Gasteiger partial charge in [-0.15, -0.1) is 0 Å². The third-order valence-electron chi connectivity index (χ3n) is 6.17. The Balaban J connectivity index is 1.71. The maximum absolute atomic E-state index is 3.54. The summed E-state index contributed by atoms with van der Waals surface area (Å²) in [4.78, 5) is 0. The Bertz CT molecular complexity index is 1490. The smallest absolute Gasteiger partial charge is 0.00199 e. The second kappa shape index (κ2) is 7.83. The van der Waals surface area contributed by atoms with E-state index in [2.05, 4.69) is 127 Å².